The molecule has 0 radical (unpaired) electrons. The number of carbonyl (C=O) groups excluding carboxylic acids is 1. The molecule has 0 saturated carbocycles. The fraction of sp³-hybridized carbons (Fsp3) is 0.923. The first-order chi connectivity index (χ1) is 7.99. The molecule has 0 aromatic rings. The van der Waals surface area contributed by atoms with Crippen molar-refractivity contribution in [1.29, 1.82) is 0 Å². The van der Waals surface area contributed by atoms with E-state index in [0.29, 0.717) is 6.42 Å². The number of halogens is 1. The van der Waals surface area contributed by atoms with Gasteiger partial charge in [-0.15, -0.1) is 11.8 Å². The van der Waals surface area contributed by atoms with Gasteiger partial charge < -0.3 is 4.74 Å². The summed E-state index contributed by atoms with van der Waals surface area (Å²) in [5.41, 5.74) is 0. The van der Waals surface area contributed by atoms with Crippen molar-refractivity contribution in [3.63, 3.8) is 0 Å². The van der Waals surface area contributed by atoms with E-state index in [-0.39, 0.29) is 29.9 Å². The van der Waals surface area contributed by atoms with Crippen LogP contribution in [0.25, 0.3) is 0 Å². The van der Waals surface area contributed by atoms with E-state index in [2.05, 4.69) is 0 Å². The van der Waals surface area contributed by atoms with E-state index >= 15 is 0 Å². The zero-order valence-electron chi connectivity index (χ0n) is 11.4. The third-order valence-corrected chi connectivity index (χ3v) is 3.89. The number of hydrogen-bond acceptors (Lipinski definition) is 3. The highest BCUT2D eigenvalue weighted by Crippen LogP contribution is 2.23. The van der Waals surface area contributed by atoms with E-state index in [1.54, 1.807) is 11.8 Å². The topological polar surface area (TPSA) is 26.3 Å². The maximum Gasteiger partial charge on any atom is 0.319 e. The van der Waals surface area contributed by atoms with Gasteiger partial charge in [-0.1, -0.05) is 20.3 Å². The molecule has 0 aliphatic rings. The molecule has 0 N–H and O–H groups in total. The highest BCUT2D eigenvalue weighted by atomic mass is 32.2. The molecule has 0 rings (SSSR count). The third-order valence-electron chi connectivity index (χ3n) is 2.27. The lowest BCUT2D eigenvalue weighted by Crippen LogP contribution is -2.28. The standard InChI is InChI=1S/C13H25FO2S/c1-10(2)12(13(15)16-11(3)4)17-9-7-5-6-8-14/h10-12H,5-9H2,1-4H3. The average Bonchev–Trinajstić information content (AvgIpc) is 2.21. The van der Waals surface area contributed by atoms with Crippen LogP contribution in [0.2, 0.25) is 0 Å². The first kappa shape index (κ1) is 16.8. The number of hydrogen-bond donors (Lipinski definition) is 0. The molecule has 0 amide bonds. The normalized spacial score (nSPS) is 13.1. The van der Waals surface area contributed by atoms with Gasteiger partial charge >= 0.3 is 5.97 Å². The molecular weight excluding hydrogens is 239 g/mol. The largest absolute Gasteiger partial charge is 0.462 e. The van der Waals surface area contributed by atoms with Crippen molar-refractivity contribution in [2.75, 3.05) is 12.4 Å². The molecule has 1 atom stereocenters. The summed E-state index contributed by atoms with van der Waals surface area (Å²) in [4.78, 5) is 11.8. The number of ether oxygens (including phenoxy) is 1. The van der Waals surface area contributed by atoms with Crippen molar-refractivity contribution in [1.82, 2.24) is 0 Å². The van der Waals surface area contributed by atoms with Crippen molar-refractivity contribution in [2.24, 2.45) is 5.92 Å². The summed E-state index contributed by atoms with van der Waals surface area (Å²) in [7, 11) is 0. The summed E-state index contributed by atoms with van der Waals surface area (Å²) in [5, 5.41) is -0.0947. The molecule has 0 aliphatic heterocycles. The molecule has 0 bridgehead atoms. The first-order valence-electron chi connectivity index (χ1n) is 6.37. The van der Waals surface area contributed by atoms with Crippen LogP contribution in [0.3, 0.4) is 0 Å². The molecule has 0 aromatic heterocycles. The smallest absolute Gasteiger partial charge is 0.319 e. The van der Waals surface area contributed by atoms with Gasteiger partial charge in [0.15, 0.2) is 0 Å². The van der Waals surface area contributed by atoms with Crippen molar-refractivity contribution in [3.8, 4) is 0 Å². The van der Waals surface area contributed by atoms with Crippen molar-refractivity contribution >= 4 is 17.7 Å². The summed E-state index contributed by atoms with van der Waals surface area (Å²) in [6.45, 7) is 7.54. The van der Waals surface area contributed by atoms with Crippen LogP contribution in [0, 0.1) is 5.92 Å². The first-order valence-corrected chi connectivity index (χ1v) is 7.42. The summed E-state index contributed by atoms with van der Waals surface area (Å²) < 4.78 is 17.1. The van der Waals surface area contributed by atoms with Crippen LogP contribution in [0.1, 0.15) is 47.0 Å². The number of alkyl halides is 1. The lowest BCUT2D eigenvalue weighted by molar-refractivity contribution is -0.147. The van der Waals surface area contributed by atoms with Crippen molar-refractivity contribution in [3.05, 3.63) is 0 Å². The van der Waals surface area contributed by atoms with Gasteiger partial charge in [-0.25, -0.2) is 0 Å². The number of rotatable bonds is 9. The molecule has 0 aliphatic carbocycles. The van der Waals surface area contributed by atoms with Gasteiger partial charge in [0.1, 0.15) is 5.25 Å². The van der Waals surface area contributed by atoms with Gasteiger partial charge in [-0.3, -0.25) is 9.18 Å². The van der Waals surface area contributed by atoms with E-state index in [1.165, 1.54) is 0 Å². The van der Waals surface area contributed by atoms with Crippen LogP contribution in [0.15, 0.2) is 0 Å². The Balaban J connectivity index is 3.94. The zero-order chi connectivity index (χ0) is 13.3. The number of esters is 1. The maximum atomic E-state index is 11.9. The van der Waals surface area contributed by atoms with Crippen LogP contribution in [-0.4, -0.2) is 29.8 Å². The monoisotopic (exact) mass is 264 g/mol. The van der Waals surface area contributed by atoms with Gasteiger partial charge in [-0.2, -0.15) is 0 Å². The second kappa shape index (κ2) is 9.75. The quantitative estimate of drug-likeness (QED) is 0.467. The SMILES string of the molecule is CC(C)OC(=O)C(SCCCCCF)C(C)C. The number of carbonyl (C=O) groups is 1. The molecule has 17 heavy (non-hydrogen) atoms. The van der Waals surface area contributed by atoms with Crippen LogP contribution in [0.5, 0.6) is 0 Å². The van der Waals surface area contributed by atoms with E-state index in [1.807, 2.05) is 27.7 Å². The minimum Gasteiger partial charge on any atom is -0.462 e. The van der Waals surface area contributed by atoms with E-state index in [0.717, 1.165) is 18.6 Å². The minimum atomic E-state index is -0.242. The predicted octanol–water partition coefficient (Wildman–Crippen LogP) is 3.84. The van der Waals surface area contributed by atoms with E-state index in [4.69, 9.17) is 4.74 Å². The van der Waals surface area contributed by atoms with Gasteiger partial charge in [-0.05, 0) is 38.4 Å². The number of thioether (sulfide) groups is 1. The van der Waals surface area contributed by atoms with Gasteiger partial charge in [0.2, 0.25) is 0 Å². The van der Waals surface area contributed by atoms with Crippen LogP contribution < -0.4 is 0 Å². The Morgan fingerprint density at radius 1 is 1.18 bits per heavy atom. The Bertz CT molecular complexity index is 208. The molecule has 2 nitrogen and oxygen atoms in total. The molecule has 0 spiro atoms. The van der Waals surface area contributed by atoms with E-state index in [9.17, 15) is 9.18 Å². The minimum absolute atomic E-state index is 0.0594. The summed E-state index contributed by atoms with van der Waals surface area (Å²) in [6.07, 6.45) is 2.43. The summed E-state index contributed by atoms with van der Waals surface area (Å²) >= 11 is 1.63. The van der Waals surface area contributed by atoms with Crippen LogP contribution >= 0.6 is 11.8 Å². The van der Waals surface area contributed by atoms with Gasteiger partial charge in [0.05, 0.1) is 12.8 Å². The van der Waals surface area contributed by atoms with E-state index < -0.39 is 0 Å². The fourth-order valence-corrected chi connectivity index (χ4v) is 2.62. The molecule has 0 heterocycles. The predicted molar refractivity (Wildman–Crippen MR) is 72.1 cm³/mol. The molecule has 0 fully saturated rings. The van der Waals surface area contributed by atoms with Crippen LogP contribution in [-0.2, 0) is 9.53 Å². The molecule has 0 aromatic carbocycles. The van der Waals surface area contributed by atoms with Crippen molar-refractivity contribution in [2.45, 2.75) is 58.3 Å². The average molecular weight is 264 g/mol. The third kappa shape index (κ3) is 8.47. The highest BCUT2D eigenvalue weighted by molar-refractivity contribution is 8.00. The second-order valence-electron chi connectivity index (χ2n) is 4.77. The summed E-state index contributed by atoms with van der Waals surface area (Å²) in [6, 6.07) is 0. The summed E-state index contributed by atoms with van der Waals surface area (Å²) in [5.74, 6) is 1.05. The Labute approximate surface area is 109 Å². The fourth-order valence-electron chi connectivity index (χ4n) is 1.42. The maximum absolute atomic E-state index is 11.9. The zero-order valence-corrected chi connectivity index (χ0v) is 12.2. The Morgan fingerprint density at radius 2 is 1.82 bits per heavy atom. The van der Waals surface area contributed by atoms with Gasteiger partial charge in [0.25, 0.3) is 0 Å². The van der Waals surface area contributed by atoms with Crippen LogP contribution in [0.4, 0.5) is 4.39 Å². The molecule has 102 valence electrons. The highest BCUT2D eigenvalue weighted by Gasteiger charge is 2.24. The lowest BCUT2D eigenvalue weighted by atomic mass is 10.1. The number of unbranched alkanes of at least 4 members (excludes halogenated alkanes) is 2. The lowest BCUT2D eigenvalue weighted by Gasteiger charge is -2.20. The second-order valence-corrected chi connectivity index (χ2v) is 6.02. The van der Waals surface area contributed by atoms with Gasteiger partial charge in [0, 0.05) is 0 Å². The Morgan fingerprint density at radius 3 is 2.29 bits per heavy atom. The Hall–Kier alpha value is -0.250. The Kier molecular flexibility index (Phi) is 9.60. The molecule has 1 unspecified atom stereocenters. The van der Waals surface area contributed by atoms with Crippen molar-refractivity contribution < 1.29 is 13.9 Å². The molecular formula is C13H25FO2S. The molecule has 4 heteroatoms. The molecule has 0 saturated heterocycles.